The van der Waals surface area contributed by atoms with Gasteiger partial charge >= 0.3 is 6.18 Å². The minimum Gasteiger partial charge on any atom is -0.316 e. The van der Waals surface area contributed by atoms with Gasteiger partial charge in [0, 0.05) is 6.54 Å². The summed E-state index contributed by atoms with van der Waals surface area (Å²) < 4.78 is 38.9. The third-order valence-corrected chi connectivity index (χ3v) is 3.87. The molecule has 1 saturated heterocycles. The van der Waals surface area contributed by atoms with Crippen LogP contribution < -0.4 is 5.32 Å². The van der Waals surface area contributed by atoms with E-state index in [1.54, 1.807) is 12.1 Å². The average molecular weight is 253 g/mol. The number of fused-ring (bicyclic) bond motifs is 1. The quantitative estimate of drug-likeness (QED) is 0.809. The van der Waals surface area contributed by atoms with E-state index in [0.29, 0.717) is 17.4 Å². The molecular formula is C14H14F3N. The van der Waals surface area contributed by atoms with E-state index >= 15 is 0 Å². The molecule has 3 rings (SSSR count). The summed E-state index contributed by atoms with van der Waals surface area (Å²) in [5, 5.41) is 3.27. The molecular weight excluding hydrogens is 239 g/mol. The molecule has 0 spiro atoms. The summed E-state index contributed by atoms with van der Waals surface area (Å²) in [7, 11) is 0. The van der Waals surface area contributed by atoms with Gasteiger partial charge in [-0.25, -0.2) is 0 Å². The van der Waals surface area contributed by atoms with Gasteiger partial charge in [-0.05, 0) is 42.0 Å². The van der Waals surface area contributed by atoms with Crippen LogP contribution in [0.2, 0.25) is 0 Å². The summed E-state index contributed by atoms with van der Waals surface area (Å²) in [4.78, 5) is 0. The number of allylic oxidation sites excluding steroid dienone is 1. The van der Waals surface area contributed by atoms with Crippen molar-refractivity contribution in [1.29, 1.82) is 0 Å². The smallest absolute Gasteiger partial charge is 0.316 e. The van der Waals surface area contributed by atoms with Crippen LogP contribution in [0.1, 0.15) is 17.5 Å². The first kappa shape index (κ1) is 11.8. The Hall–Kier alpha value is -1.29. The van der Waals surface area contributed by atoms with Gasteiger partial charge < -0.3 is 5.32 Å². The predicted octanol–water partition coefficient (Wildman–Crippen LogP) is 3.33. The van der Waals surface area contributed by atoms with Gasteiger partial charge in [0.25, 0.3) is 0 Å². The van der Waals surface area contributed by atoms with Crippen LogP contribution in [0, 0.1) is 11.8 Å². The lowest BCUT2D eigenvalue weighted by Gasteiger charge is -2.14. The normalized spacial score (nSPS) is 27.2. The highest BCUT2D eigenvalue weighted by Gasteiger charge is 2.37. The molecule has 0 amide bonds. The largest absolute Gasteiger partial charge is 0.416 e. The zero-order valence-electron chi connectivity index (χ0n) is 9.80. The first-order chi connectivity index (χ1) is 8.55. The molecule has 1 fully saturated rings. The Labute approximate surface area is 104 Å². The molecule has 0 aromatic heterocycles. The van der Waals surface area contributed by atoms with Crippen molar-refractivity contribution in [3.05, 3.63) is 41.5 Å². The number of rotatable bonds is 1. The fourth-order valence-electron chi connectivity index (χ4n) is 2.99. The Morgan fingerprint density at radius 1 is 1.11 bits per heavy atom. The fraction of sp³-hybridized carbons (Fsp3) is 0.429. The molecule has 2 unspecified atom stereocenters. The van der Waals surface area contributed by atoms with Gasteiger partial charge in [0.15, 0.2) is 0 Å². The first-order valence-electron chi connectivity index (χ1n) is 6.14. The van der Waals surface area contributed by atoms with E-state index in [9.17, 15) is 13.2 Å². The molecule has 1 nitrogen and oxygen atoms in total. The summed E-state index contributed by atoms with van der Waals surface area (Å²) in [6.07, 6.45) is -1.49. The van der Waals surface area contributed by atoms with Crippen molar-refractivity contribution in [1.82, 2.24) is 5.32 Å². The topological polar surface area (TPSA) is 12.0 Å². The molecule has 1 aromatic rings. The molecule has 18 heavy (non-hydrogen) atoms. The van der Waals surface area contributed by atoms with E-state index in [1.807, 2.05) is 6.08 Å². The maximum atomic E-state index is 13.0. The van der Waals surface area contributed by atoms with E-state index in [1.165, 1.54) is 12.1 Å². The first-order valence-corrected chi connectivity index (χ1v) is 6.14. The number of nitrogens with one attached hydrogen (secondary N) is 1. The molecule has 0 saturated carbocycles. The molecule has 2 atom stereocenters. The van der Waals surface area contributed by atoms with E-state index in [4.69, 9.17) is 0 Å². The monoisotopic (exact) mass is 253 g/mol. The van der Waals surface area contributed by atoms with Gasteiger partial charge in [-0.2, -0.15) is 13.2 Å². The lowest BCUT2D eigenvalue weighted by Crippen LogP contribution is -2.11. The second-order valence-corrected chi connectivity index (χ2v) is 5.02. The predicted molar refractivity (Wildman–Crippen MR) is 63.9 cm³/mol. The molecule has 1 heterocycles. The zero-order chi connectivity index (χ0) is 12.8. The lowest BCUT2D eigenvalue weighted by molar-refractivity contribution is -0.137. The van der Waals surface area contributed by atoms with Crippen LogP contribution in [-0.2, 0) is 6.18 Å². The van der Waals surface area contributed by atoms with Crippen LogP contribution in [0.25, 0.3) is 5.57 Å². The van der Waals surface area contributed by atoms with Gasteiger partial charge in [-0.1, -0.05) is 24.3 Å². The van der Waals surface area contributed by atoms with Crippen LogP contribution in [0.4, 0.5) is 13.2 Å². The average Bonchev–Trinajstić information content (AvgIpc) is 2.87. The summed E-state index contributed by atoms with van der Waals surface area (Å²) in [5.41, 5.74) is 0.711. The maximum absolute atomic E-state index is 13.0. The highest BCUT2D eigenvalue weighted by Crippen LogP contribution is 2.42. The number of hydrogen-bond donors (Lipinski definition) is 1. The molecule has 1 aliphatic carbocycles. The number of benzene rings is 1. The molecule has 96 valence electrons. The zero-order valence-corrected chi connectivity index (χ0v) is 9.80. The molecule has 1 N–H and O–H groups in total. The summed E-state index contributed by atoms with van der Waals surface area (Å²) >= 11 is 0. The fourth-order valence-corrected chi connectivity index (χ4v) is 2.99. The Morgan fingerprint density at radius 3 is 2.61 bits per heavy atom. The van der Waals surface area contributed by atoms with Crippen LogP contribution >= 0.6 is 0 Å². The highest BCUT2D eigenvalue weighted by molar-refractivity contribution is 5.71. The van der Waals surface area contributed by atoms with Gasteiger partial charge in [0.05, 0.1) is 5.56 Å². The third-order valence-electron chi connectivity index (χ3n) is 3.87. The Bertz CT molecular complexity index is 490. The van der Waals surface area contributed by atoms with Crippen LogP contribution in [0.5, 0.6) is 0 Å². The summed E-state index contributed by atoms with van der Waals surface area (Å²) in [5.74, 6) is 0.877. The van der Waals surface area contributed by atoms with Gasteiger partial charge in [-0.3, -0.25) is 0 Å². The van der Waals surface area contributed by atoms with Crippen LogP contribution in [0.15, 0.2) is 30.3 Å². The van der Waals surface area contributed by atoms with Gasteiger partial charge in [0.1, 0.15) is 0 Å². The van der Waals surface area contributed by atoms with Crippen molar-refractivity contribution in [2.45, 2.75) is 12.6 Å². The van der Waals surface area contributed by atoms with E-state index in [2.05, 4.69) is 5.32 Å². The standard InChI is InChI=1S/C14H14F3N/c15-14(16,17)13-4-2-1-3-12(13)9-5-10-7-18-8-11(10)6-9/h1-5,10-11,18H,6-8H2. The Kier molecular flexibility index (Phi) is 2.70. The minimum atomic E-state index is -4.27. The van der Waals surface area contributed by atoms with E-state index < -0.39 is 11.7 Å². The van der Waals surface area contributed by atoms with Gasteiger partial charge in [-0.15, -0.1) is 0 Å². The van der Waals surface area contributed by atoms with E-state index in [-0.39, 0.29) is 0 Å². The SMILES string of the molecule is FC(F)(F)c1ccccc1C1=CC2CNCC2C1. The van der Waals surface area contributed by atoms with Crippen LogP contribution in [-0.4, -0.2) is 13.1 Å². The second-order valence-electron chi connectivity index (χ2n) is 5.02. The summed E-state index contributed by atoms with van der Waals surface area (Å²) in [6.45, 7) is 1.81. The van der Waals surface area contributed by atoms with Crippen LogP contribution in [0.3, 0.4) is 0 Å². The molecule has 1 aliphatic heterocycles. The molecule has 1 aromatic carbocycles. The molecule has 2 aliphatic rings. The Balaban J connectivity index is 1.98. The number of alkyl halides is 3. The molecule has 0 radical (unpaired) electrons. The van der Waals surface area contributed by atoms with Crippen molar-refractivity contribution in [2.75, 3.05) is 13.1 Å². The second kappa shape index (κ2) is 4.12. The summed E-state index contributed by atoms with van der Waals surface area (Å²) in [6, 6.07) is 5.88. The maximum Gasteiger partial charge on any atom is 0.416 e. The minimum absolute atomic E-state index is 0.361. The van der Waals surface area contributed by atoms with E-state index in [0.717, 1.165) is 25.1 Å². The van der Waals surface area contributed by atoms with Crippen molar-refractivity contribution in [3.63, 3.8) is 0 Å². The van der Waals surface area contributed by atoms with Crippen molar-refractivity contribution < 1.29 is 13.2 Å². The van der Waals surface area contributed by atoms with Crippen molar-refractivity contribution in [2.24, 2.45) is 11.8 Å². The number of halogens is 3. The van der Waals surface area contributed by atoms with Crippen molar-refractivity contribution in [3.8, 4) is 0 Å². The molecule has 0 bridgehead atoms. The third kappa shape index (κ3) is 1.94. The molecule has 4 heteroatoms. The van der Waals surface area contributed by atoms with Gasteiger partial charge in [0.2, 0.25) is 0 Å². The number of hydrogen-bond acceptors (Lipinski definition) is 1. The highest BCUT2D eigenvalue weighted by atomic mass is 19.4. The lowest BCUT2D eigenvalue weighted by atomic mass is 9.96. The Morgan fingerprint density at radius 2 is 1.89 bits per heavy atom. The van der Waals surface area contributed by atoms with Crippen molar-refractivity contribution >= 4 is 5.57 Å².